The van der Waals surface area contributed by atoms with E-state index in [1.54, 1.807) is 18.2 Å². The Hall–Kier alpha value is -2.87. The third-order valence-electron chi connectivity index (χ3n) is 4.24. The van der Waals surface area contributed by atoms with Gasteiger partial charge in [0, 0.05) is 22.8 Å². The van der Waals surface area contributed by atoms with E-state index in [1.807, 2.05) is 24.3 Å². The molecule has 0 aromatic heterocycles. The molecule has 0 unspecified atom stereocenters. The monoisotopic (exact) mass is 286 g/mol. The van der Waals surface area contributed by atoms with Gasteiger partial charge in [-0.25, -0.2) is 0 Å². The molecule has 0 bridgehead atoms. The van der Waals surface area contributed by atoms with Gasteiger partial charge in [0.05, 0.1) is 0 Å². The van der Waals surface area contributed by atoms with Crippen LogP contribution in [0.1, 0.15) is 16.8 Å². The van der Waals surface area contributed by atoms with Gasteiger partial charge in [-0.2, -0.15) is 0 Å². The number of phenols is 1. The van der Waals surface area contributed by atoms with Crippen molar-refractivity contribution in [3.63, 3.8) is 0 Å². The molecular weight excluding hydrogens is 272 g/mol. The highest BCUT2D eigenvalue weighted by Crippen LogP contribution is 2.41. The lowest BCUT2D eigenvalue weighted by atomic mass is 9.90. The largest absolute Gasteiger partial charge is 0.507 e. The molecule has 0 spiro atoms. The number of hydrogen-bond donors (Lipinski definition) is 1. The Labute approximate surface area is 127 Å². The average Bonchev–Trinajstić information content (AvgIpc) is 2.53. The number of hydrogen-bond acceptors (Lipinski definition) is 2. The van der Waals surface area contributed by atoms with Crippen molar-refractivity contribution in [3.05, 3.63) is 66.7 Å². The van der Waals surface area contributed by atoms with Gasteiger partial charge < -0.3 is 5.11 Å². The van der Waals surface area contributed by atoms with Gasteiger partial charge in [0.2, 0.25) is 0 Å². The number of carbonyl (C=O) groups excluding carboxylic acids is 1. The highest BCUT2D eigenvalue weighted by Gasteiger charge is 2.17. The van der Waals surface area contributed by atoms with Crippen LogP contribution in [0, 0.1) is 0 Å². The second kappa shape index (κ2) is 4.57. The van der Waals surface area contributed by atoms with Crippen LogP contribution in [-0.4, -0.2) is 10.9 Å². The van der Waals surface area contributed by atoms with Crippen molar-refractivity contribution in [1.29, 1.82) is 0 Å². The number of rotatable bonds is 3. The lowest BCUT2D eigenvalue weighted by molar-refractivity contribution is 0.0997. The maximum atomic E-state index is 12.4. The molecule has 0 atom stereocenters. The van der Waals surface area contributed by atoms with Crippen molar-refractivity contribution in [2.75, 3.05) is 0 Å². The molecule has 0 aliphatic rings. The van der Waals surface area contributed by atoms with Gasteiger partial charge in [0.1, 0.15) is 5.75 Å². The minimum atomic E-state index is -0.0248. The van der Waals surface area contributed by atoms with Crippen LogP contribution in [0.4, 0.5) is 0 Å². The normalized spacial score (nSPS) is 11.5. The lowest BCUT2D eigenvalue weighted by Gasteiger charge is -2.14. The first-order valence-corrected chi connectivity index (χ1v) is 7.24. The predicted octanol–water partition coefficient (Wildman–Crippen LogP) is 5.05. The van der Waals surface area contributed by atoms with Crippen LogP contribution < -0.4 is 0 Å². The third kappa shape index (κ3) is 1.64. The Morgan fingerprint density at radius 1 is 0.955 bits per heavy atom. The molecule has 2 nitrogen and oxygen atoms in total. The van der Waals surface area contributed by atoms with E-state index in [9.17, 15) is 9.90 Å². The van der Waals surface area contributed by atoms with Crippen LogP contribution in [0.5, 0.6) is 5.75 Å². The Balaban J connectivity index is 2.26. The summed E-state index contributed by atoms with van der Waals surface area (Å²) >= 11 is 0. The minimum Gasteiger partial charge on any atom is -0.507 e. The minimum absolute atomic E-state index is 0.0248. The fourth-order valence-corrected chi connectivity index (χ4v) is 3.30. The summed E-state index contributed by atoms with van der Waals surface area (Å²) in [4.78, 5) is 12.4. The molecule has 2 heteroatoms. The summed E-state index contributed by atoms with van der Waals surface area (Å²) in [6, 6.07) is 15.6. The van der Waals surface area contributed by atoms with E-state index < -0.39 is 0 Å². The van der Waals surface area contributed by atoms with Crippen LogP contribution in [0.2, 0.25) is 0 Å². The van der Waals surface area contributed by atoms with Crippen molar-refractivity contribution in [2.45, 2.75) is 6.42 Å². The smallest absolute Gasteiger partial charge is 0.167 e. The van der Waals surface area contributed by atoms with Gasteiger partial charge in [0.25, 0.3) is 0 Å². The summed E-state index contributed by atoms with van der Waals surface area (Å²) < 4.78 is 0. The number of ketones is 1. The van der Waals surface area contributed by atoms with E-state index >= 15 is 0 Å². The fourth-order valence-electron chi connectivity index (χ4n) is 3.30. The van der Waals surface area contributed by atoms with E-state index in [1.165, 1.54) is 0 Å². The Morgan fingerprint density at radius 3 is 2.41 bits per heavy atom. The quantitative estimate of drug-likeness (QED) is 0.325. The molecule has 106 valence electrons. The van der Waals surface area contributed by atoms with Crippen LogP contribution in [0.3, 0.4) is 0 Å². The highest BCUT2D eigenvalue weighted by atomic mass is 16.3. The van der Waals surface area contributed by atoms with Gasteiger partial charge in [0.15, 0.2) is 5.78 Å². The molecular formula is C20H14O2. The zero-order chi connectivity index (χ0) is 15.3. The number of benzene rings is 4. The maximum absolute atomic E-state index is 12.4. The van der Waals surface area contributed by atoms with E-state index in [0.29, 0.717) is 10.9 Å². The Morgan fingerprint density at radius 2 is 1.64 bits per heavy atom. The molecule has 1 N–H and O–H groups in total. The number of Topliss-reactive ketones (excluding diaryl/α,β-unsaturated/α-hetero) is 1. The van der Waals surface area contributed by atoms with Crippen LogP contribution in [-0.2, 0) is 0 Å². The second-order valence-corrected chi connectivity index (χ2v) is 5.54. The summed E-state index contributed by atoms with van der Waals surface area (Å²) in [5, 5.41) is 16.3. The van der Waals surface area contributed by atoms with Crippen molar-refractivity contribution in [2.24, 2.45) is 0 Å². The molecule has 22 heavy (non-hydrogen) atoms. The zero-order valence-corrected chi connectivity index (χ0v) is 12.0. The Bertz CT molecular complexity index is 1040. The van der Waals surface area contributed by atoms with E-state index in [-0.39, 0.29) is 18.0 Å². The molecule has 4 aromatic carbocycles. The van der Waals surface area contributed by atoms with Gasteiger partial charge >= 0.3 is 0 Å². The second-order valence-electron chi connectivity index (χ2n) is 5.54. The summed E-state index contributed by atoms with van der Waals surface area (Å²) in [5.41, 5.74) is 0.558. The zero-order valence-electron chi connectivity index (χ0n) is 12.0. The number of aromatic hydroxyl groups is 1. The van der Waals surface area contributed by atoms with Crippen LogP contribution in [0.15, 0.2) is 61.2 Å². The molecule has 0 saturated heterocycles. The van der Waals surface area contributed by atoms with Crippen molar-refractivity contribution >= 4 is 38.1 Å². The molecule has 4 rings (SSSR count). The van der Waals surface area contributed by atoms with Gasteiger partial charge in [-0.1, -0.05) is 48.5 Å². The molecule has 0 aliphatic heterocycles. The predicted molar refractivity (Wildman–Crippen MR) is 91.0 cm³/mol. The summed E-state index contributed by atoms with van der Waals surface area (Å²) in [6.45, 7) is 3.63. The van der Waals surface area contributed by atoms with Gasteiger partial charge in [-0.15, -0.1) is 6.58 Å². The Kier molecular flexibility index (Phi) is 2.67. The van der Waals surface area contributed by atoms with Gasteiger partial charge in [-0.3, -0.25) is 4.79 Å². The molecule has 4 aromatic rings. The fraction of sp³-hybridized carbons (Fsp3) is 0.0500. The molecule has 0 radical (unpaired) electrons. The lowest BCUT2D eigenvalue weighted by Crippen LogP contribution is -1.99. The summed E-state index contributed by atoms with van der Waals surface area (Å²) in [6.07, 6.45) is 1.86. The van der Waals surface area contributed by atoms with E-state index in [0.717, 1.165) is 26.9 Å². The average molecular weight is 286 g/mol. The maximum Gasteiger partial charge on any atom is 0.167 e. The van der Waals surface area contributed by atoms with Crippen molar-refractivity contribution in [1.82, 2.24) is 0 Å². The number of carbonyl (C=O) groups is 1. The first-order chi connectivity index (χ1) is 10.7. The number of phenolic OH excluding ortho intramolecular Hbond substituents is 1. The summed E-state index contributed by atoms with van der Waals surface area (Å²) in [7, 11) is 0. The van der Waals surface area contributed by atoms with Crippen molar-refractivity contribution < 1.29 is 9.90 Å². The molecule has 0 saturated carbocycles. The molecule has 0 fully saturated rings. The van der Waals surface area contributed by atoms with Crippen LogP contribution in [0.25, 0.3) is 32.3 Å². The van der Waals surface area contributed by atoms with Gasteiger partial charge in [-0.05, 0) is 27.6 Å². The van der Waals surface area contributed by atoms with E-state index in [2.05, 4.69) is 18.7 Å². The molecule has 0 amide bonds. The standard InChI is InChI=1S/C20H14O2/c1-2-4-16(21)15-10-9-13-8-7-12-5-3-6-14-11-17(22)20(15)19(13)18(12)14/h2-3,5-11,22H,1,4H2. The molecule has 0 aliphatic carbocycles. The third-order valence-corrected chi connectivity index (χ3v) is 4.24. The first-order valence-electron chi connectivity index (χ1n) is 7.24. The first kappa shape index (κ1) is 12.8. The highest BCUT2D eigenvalue weighted by molar-refractivity contribution is 6.28. The van der Waals surface area contributed by atoms with Crippen LogP contribution >= 0.6 is 0 Å². The summed E-state index contributed by atoms with van der Waals surface area (Å²) in [5.74, 6) is 0.132. The molecule has 0 heterocycles. The number of allylic oxidation sites excluding steroid dienone is 1. The van der Waals surface area contributed by atoms with E-state index in [4.69, 9.17) is 0 Å². The SMILES string of the molecule is C=CCC(=O)c1ccc2ccc3cccc4cc(O)c1c2c34. The topological polar surface area (TPSA) is 37.3 Å². The van der Waals surface area contributed by atoms with Crippen molar-refractivity contribution in [3.8, 4) is 5.75 Å².